The van der Waals surface area contributed by atoms with Gasteiger partial charge in [-0.25, -0.2) is 0 Å². The maximum atomic E-state index is 8.93. The Morgan fingerprint density at radius 1 is 1.00 bits per heavy atom. The maximum absolute atomic E-state index is 8.93. The molecule has 0 amide bonds. The summed E-state index contributed by atoms with van der Waals surface area (Å²) in [5.41, 5.74) is 5.56. The van der Waals surface area contributed by atoms with Crippen molar-refractivity contribution >= 4 is 10.9 Å². The van der Waals surface area contributed by atoms with Crippen LogP contribution in [0.15, 0.2) is 48.5 Å². The summed E-state index contributed by atoms with van der Waals surface area (Å²) < 4.78 is 2.25. The fourth-order valence-corrected chi connectivity index (χ4v) is 2.74. The van der Waals surface area contributed by atoms with Crippen LogP contribution in [-0.2, 0) is 0 Å². The van der Waals surface area contributed by atoms with Crippen molar-refractivity contribution < 1.29 is 0 Å². The van der Waals surface area contributed by atoms with Crippen LogP contribution in [0.4, 0.5) is 0 Å². The highest BCUT2D eigenvalue weighted by molar-refractivity contribution is 5.84. The molecule has 1 heterocycles. The van der Waals surface area contributed by atoms with Crippen molar-refractivity contribution in [3.8, 4) is 11.8 Å². The van der Waals surface area contributed by atoms with Crippen molar-refractivity contribution in [2.75, 3.05) is 0 Å². The lowest BCUT2D eigenvalue weighted by atomic mass is 10.0. The molecule has 0 N–H and O–H groups in total. The van der Waals surface area contributed by atoms with E-state index in [1.165, 1.54) is 22.2 Å². The first-order valence-electron chi connectivity index (χ1n) is 7.22. The standard InChI is InChI=1S/C19H18N2/c1-13(2)16-6-7-17-10-14(3)21(19(17)11-16)18-8-4-15(12-20)5-9-18/h4-11,13H,1-3H3. The Hall–Kier alpha value is -2.53. The second-order valence-electron chi connectivity index (χ2n) is 5.75. The van der Waals surface area contributed by atoms with Crippen LogP contribution >= 0.6 is 0 Å². The summed E-state index contributed by atoms with van der Waals surface area (Å²) in [6, 6.07) is 18.8. The van der Waals surface area contributed by atoms with E-state index in [1.807, 2.05) is 24.3 Å². The highest BCUT2D eigenvalue weighted by atomic mass is 15.0. The number of benzene rings is 2. The highest BCUT2D eigenvalue weighted by Gasteiger charge is 2.09. The monoisotopic (exact) mass is 274 g/mol. The molecule has 0 saturated heterocycles. The Balaban J connectivity index is 2.22. The summed E-state index contributed by atoms with van der Waals surface area (Å²) in [6.45, 7) is 6.54. The summed E-state index contributed by atoms with van der Waals surface area (Å²) in [6.07, 6.45) is 0. The second kappa shape index (κ2) is 5.10. The third-order valence-corrected chi connectivity index (χ3v) is 3.93. The third-order valence-electron chi connectivity index (χ3n) is 3.93. The summed E-state index contributed by atoms with van der Waals surface area (Å²) in [5.74, 6) is 0.513. The molecule has 2 nitrogen and oxygen atoms in total. The zero-order valence-corrected chi connectivity index (χ0v) is 12.6. The zero-order chi connectivity index (χ0) is 15.0. The molecule has 0 saturated carbocycles. The lowest BCUT2D eigenvalue weighted by Crippen LogP contribution is -1.97. The predicted molar refractivity (Wildman–Crippen MR) is 86.8 cm³/mol. The zero-order valence-electron chi connectivity index (χ0n) is 12.6. The van der Waals surface area contributed by atoms with E-state index in [1.54, 1.807) is 0 Å². The van der Waals surface area contributed by atoms with Crippen LogP contribution in [0.25, 0.3) is 16.6 Å². The fourth-order valence-electron chi connectivity index (χ4n) is 2.74. The SMILES string of the molecule is Cc1cc2ccc(C(C)C)cc2n1-c1ccc(C#N)cc1. The van der Waals surface area contributed by atoms with Crippen molar-refractivity contribution in [2.45, 2.75) is 26.7 Å². The van der Waals surface area contributed by atoms with E-state index in [4.69, 9.17) is 5.26 Å². The molecule has 0 fully saturated rings. The van der Waals surface area contributed by atoms with E-state index in [0.717, 1.165) is 5.69 Å². The number of rotatable bonds is 2. The van der Waals surface area contributed by atoms with Gasteiger partial charge in [0.25, 0.3) is 0 Å². The first-order valence-corrected chi connectivity index (χ1v) is 7.22. The molecule has 2 aromatic carbocycles. The first kappa shape index (κ1) is 13.5. The first-order chi connectivity index (χ1) is 10.1. The van der Waals surface area contributed by atoms with Gasteiger partial charge < -0.3 is 4.57 Å². The molecule has 21 heavy (non-hydrogen) atoms. The lowest BCUT2D eigenvalue weighted by Gasteiger charge is -2.11. The highest BCUT2D eigenvalue weighted by Crippen LogP contribution is 2.27. The number of nitrogens with zero attached hydrogens (tertiary/aromatic N) is 2. The molecular formula is C19H18N2. The Labute approximate surface area is 125 Å². The molecule has 0 spiro atoms. The third kappa shape index (κ3) is 2.32. The summed E-state index contributed by atoms with van der Waals surface area (Å²) in [5, 5.41) is 10.2. The maximum Gasteiger partial charge on any atom is 0.0991 e. The molecule has 2 heteroatoms. The molecule has 0 radical (unpaired) electrons. The molecule has 3 aromatic rings. The van der Waals surface area contributed by atoms with Crippen molar-refractivity contribution in [3.05, 3.63) is 65.4 Å². The molecule has 104 valence electrons. The van der Waals surface area contributed by atoms with E-state index in [-0.39, 0.29) is 0 Å². The molecule has 1 aromatic heterocycles. The van der Waals surface area contributed by atoms with Gasteiger partial charge in [0.15, 0.2) is 0 Å². The molecular weight excluding hydrogens is 256 g/mol. The van der Waals surface area contributed by atoms with Crippen LogP contribution in [0.1, 0.15) is 36.6 Å². The van der Waals surface area contributed by atoms with Crippen LogP contribution in [0, 0.1) is 18.3 Å². The Bertz CT molecular complexity index is 830. The van der Waals surface area contributed by atoms with Gasteiger partial charge in [-0.05, 0) is 54.8 Å². The normalized spacial score (nSPS) is 11.0. The quantitative estimate of drug-likeness (QED) is 0.651. The number of hydrogen-bond acceptors (Lipinski definition) is 1. The smallest absolute Gasteiger partial charge is 0.0991 e. The van der Waals surface area contributed by atoms with Gasteiger partial charge in [-0.3, -0.25) is 0 Å². The Morgan fingerprint density at radius 2 is 1.71 bits per heavy atom. The van der Waals surface area contributed by atoms with Crippen LogP contribution < -0.4 is 0 Å². The molecule has 0 aliphatic heterocycles. The average molecular weight is 274 g/mol. The fraction of sp³-hybridized carbons (Fsp3) is 0.211. The summed E-state index contributed by atoms with van der Waals surface area (Å²) in [7, 11) is 0. The van der Waals surface area contributed by atoms with E-state index >= 15 is 0 Å². The van der Waals surface area contributed by atoms with E-state index in [2.05, 4.69) is 55.7 Å². The van der Waals surface area contributed by atoms with Gasteiger partial charge in [-0.15, -0.1) is 0 Å². The van der Waals surface area contributed by atoms with Gasteiger partial charge in [0.1, 0.15) is 0 Å². The van der Waals surface area contributed by atoms with Crippen molar-refractivity contribution in [1.82, 2.24) is 4.57 Å². The molecule has 0 aliphatic rings. The van der Waals surface area contributed by atoms with E-state index < -0.39 is 0 Å². The molecule has 0 atom stereocenters. The Morgan fingerprint density at radius 3 is 2.33 bits per heavy atom. The van der Waals surface area contributed by atoms with E-state index in [0.29, 0.717) is 11.5 Å². The topological polar surface area (TPSA) is 28.7 Å². The number of fused-ring (bicyclic) bond motifs is 1. The number of aromatic nitrogens is 1. The van der Waals surface area contributed by atoms with Gasteiger partial charge in [0, 0.05) is 16.8 Å². The van der Waals surface area contributed by atoms with Gasteiger partial charge in [0.05, 0.1) is 17.1 Å². The van der Waals surface area contributed by atoms with Crippen LogP contribution in [0.3, 0.4) is 0 Å². The molecule has 0 bridgehead atoms. The lowest BCUT2D eigenvalue weighted by molar-refractivity contribution is 0.867. The largest absolute Gasteiger partial charge is 0.314 e. The summed E-state index contributed by atoms with van der Waals surface area (Å²) in [4.78, 5) is 0. The second-order valence-corrected chi connectivity index (χ2v) is 5.75. The number of aryl methyl sites for hydroxylation is 1. The molecule has 3 rings (SSSR count). The van der Waals surface area contributed by atoms with Gasteiger partial charge in [0.2, 0.25) is 0 Å². The average Bonchev–Trinajstić information content (AvgIpc) is 2.82. The van der Waals surface area contributed by atoms with Crippen molar-refractivity contribution in [3.63, 3.8) is 0 Å². The van der Waals surface area contributed by atoms with Gasteiger partial charge in [-0.2, -0.15) is 5.26 Å². The molecule has 0 unspecified atom stereocenters. The van der Waals surface area contributed by atoms with Crippen LogP contribution in [0.5, 0.6) is 0 Å². The van der Waals surface area contributed by atoms with Crippen molar-refractivity contribution in [2.24, 2.45) is 0 Å². The minimum Gasteiger partial charge on any atom is -0.314 e. The van der Waals surface area contributed by atoms with E-state index in [9.17, 15) is 0 Å². The van der Waals surface area contributed by atoms with Crippen molar-refractivity contribution in [1.29, 1.82) is 5.26 Å². The Kier molecular flexibility index (Phi) is 3.27. The number of nitriles is 1. The minimum absolute atomic E-state index is 0.513. The van der Waals surface area contributed by atoms with Crippen LogP contribution in [0.2, 0.25) is 0 Å². The summed E-state index contributed by atoms with van der Waals surface area (Å²) >= 11 is 0. The van der Waals surface area contributed by atoms with Gasteiger partial charge in [-0.1, -0.05) is 26.0 Å². The number of hydrogen-bond donors (Lipinski definition) is 0. The molecule has 0 aliphatic carbocycles. The van der Waals surface area contributed by atoms with Crippen LogP contribution in [-0.4, -0.2) is 4.57 Å². The van der Waals surface area contributed by atoms with Gasteiger partial charge >= 0.3 is 0 Å². The predicted octanol–water partition coefficient (Wildman–Crippen LogP) is 4.93. The minimum atomic E-state index is 0.513.